The van der Waals surface area contributed by atoms with Gasteiger partial charge >= 0.3 is 0 Å². The third-order valence-corrected chi connectivity index (χ3v) is 1.89. The maximum atomic E-state index is 9.56. The molecule has 1 fully saturated rings. The Morgan fingerprint density at radius 3 is 1.54 bits per heavy atom. The zero-order valence-corrected chi connectivity index (χ0v) is 9.50. The number of ether oxygens (including phenoxy) is 2. The first kappa shape index (κ1) is 12.5. The normalized spacial score (nSPS) is 16.5. The van der Waals surface area contributed by atoms with Crippen LogP contribution in [0.2, 0.25) is 19.6 Å². The predicted octanol–water partition coefficient (Wildman–Crippen LogP) is 1.19. The van der Waals surface area contributed by atoms with Crippen LogP contribution in [-0.4, -0.2) is 40.7 Å². The van der Waals surface area contributed by atoms with Crippen LogP contribution in [0.4, 0.5) is 0 Å². The third-order valence-electron chi connectivity index (χ3n) is 1.13. The lowest BCUT2D eigenvalue weighted by molar-refractivity contribution is -0.0334. The molecule has 0 radical (unpaired) electrons. The molecule has 76 valence electrons. The largest absolute Gasteiger partial charge is 0.377 e. The fourth-order valence-corrected chi connectivity index (χ4v) is 0.851. The van der Waals surface area contributed by atoms with Gasteiger partial charge in [-0.15, -0.1) is 0 Å². The van der Waals surface area contributed by atoms with Gasteiger partial charge in [0.15, 0.2) is 8.24 Å². The molecule has 1 saturated heterocycles. The van der Waals surface area contributed by atoms with Gasteiger partial charge in [-0.2, -0.15) is 0 Å². The monoisotopic (exact) mass is 203 g/mol. The van der Waals surface area contributed by atoms with Crippen LogP contribution in [0, 0.1) is 0 Å². The molecule has 0 atom stereocenters. The van der Waals surface area contributed by atoms with Crippen LogP contribution in [0.15, 0.2) is 4.66 Å². The summed E-state index contributed by atoms with van der Waals surface area (Å²) in [5, 5.41) is 0. The molecule has 0 bridgehead atoms. The van der Waals surface area contributed by atoms with Crippen molar-refractivity contribution < 1.29 is 14.3 Å². The molecule has 1 rings (SSSR count). The van der Waals surface area contributed by atoms with Gasteiger partial charge in [-0.1, -0.05) is 0 Å². The van der Waals surface area contributed by atoms with Crippen LogP contribution in [0.5, 0.6) is 0 Å². The highest BCUT2D eigenvalue weighted by molar-refractivity contribution is 6.74. The number of rotatable bonds is 1. The van der Waals surface area contributed by atoms with Gasteiger partial charge in [-0.05, 0) is 19.6 Å². The SMILES string of the molecule is C1COCCO1.C[Si](C)(C)N=C=O. The molecule has 0 unspecified atom stereocenters. The second-order valence-corrected chi connectivity index (χ2v) is 8.16. The van der Waals surface area contributed by atoms with Gasteiger partial charge in [-0.3, -0.25) is 0 Å². The zero-order chi connectivity index (χ0) is 10.2. The van der Waals surface area contributed by atoms with Crippen LogP contribution < -0.4 is 0 Å². The van der Waals surface area contributed by atoms with Gasteiger partial charge in [0, 0.05) is 0 Å². The van der Waals surface area contributed by atoms with Crippen molar-refractivity contribution in [3.05, 3.63) is 0 Å². The average molecular weight is 203 g/mol. The Morgan fingerprint density at radius 2 is 1.46 bits per heavy atom. The molecular weight excluding hydrogens is 186 g/mol. The van der Waals surface area contributed by atoms with Crippen LogP contribution in [0.3, 0.4) is 0 Å². The minimum Gasteiger partial charge on any atom is -0.377 e. The first-order valence-corrected chi connectivity index (χ1v) is 7.75. The molecule has 0 aromatic rings. The number of hydrogen-bond donors (Lipinski definition) is 0. The standard InChI is InChI=1S/C4H9NOSi.C4H8O2/c1-7(2,3)5-4-6;1-2-6-4-3-5-1/h1-3H3;1-4H2. The van der Waals surface area contributed by atoms with Gasteiger partial charge in [0.1, 0.15) is 0 Å². The van der Waals surface area contributed by atoms with E-state index >= 15 is 0 Å². The quantitative estimate of drug-likeness (QED) is 0.365. The first-order chi connectivity index (χ1) is 6.06. The van der Waals surface area contributed by atoms with E-state index in [0.29, 0.717) is 0 Å². The smallest absolute Gasteiger partial charge is 0.224 e. The number of carbonyl (C=O) groups excluding carboxylic acids is 1. The highest BCUT2D eigenvalue weighted by Gasteiger charge is 2.09. The molecule has 1 aliphatic heterocycles. The summed E-state index contributed by atoms with van der Waals surface area (Å²) in [5.41, 5.74) is 0. The van der Waals surface area contributed by atoms with Gasteiger partial charge in [0.05, 0.1) is 26.4 Å². The van der Waals surface area contributed by atoms with E-state index < -0.39 is 8.24 Å². The molecule has 13 heavy (non-hydrogen) atoms. The Bertz CT molecular complexity index is 157. The Kier molecular flexibility index (Phi) is 6.71. The Balaban J connectivity index is 0.000000223. The fourth-order valence-electron chi connectivity index (χ4n) is 0.577. The maximum Gasteiger partial charge on any atom is 0.224 e. The van der Waals surface area contributed by atoms with E-state index in [0.717, 1.165) is 26.4 Å². The molecule has 4 nitrogen and oxygen atoms in total. The van der Waals surface area contributed by atoms with Crippen LogP contribution in [0.1, 0.15) is 0 Å². The molecular formula is C8H17NO3Si. The molecule has 1 heterocycles. The summed E-state index contributed by atoms with van der Waals surface area (Å²) < 4.78 is 13.5. The Labute approximate surface area is 80.0 Å². The first-order valence-electron chi connectivity index (χ1n) is 4.31. The predicted molar refractivity (Wildman–Crippen MR) is 53.1 cm³/mol. The van der Waals surface area contributed by atoms with Crippen molar-refractivity contribution in [1.29, 1.82) is 0 Å². The lowest BCUT2D eigenvalue weighted by atomic mass is 10.6. The zero-order valence-electron chi connectivity index (χ0n) is 8.50. The van der Waals surface area contributed by atoms with Crippen molar-refractivity contribution in [3.8, 4) is 0 Å². The topological polar surface area (TPSA) is 47.9 Å². The van der Waals surface area contributed by atoms with E-state index in [1.54, 1.807) is 6.08 Å². The Hall–Kier alpha value is -0.483. The van der Waals surface area contributed by atoms with Crippen LogP contribution >= 0.6 is 0 Å². The summed E-state index contributed by atoms with van der Waals surface area (Å²) in [6.07, 6.45) is 1.54. The van der Waals surface area contributed by atoms with E-state index in [-0.39, 0.29) is 0 Å². The van der Waals surface area contributed by atoms with E-state index in [2.05, 4.69) is 4.66 Å². The molecule has 0 aromatic heterocycles. The van der Waals surface area contributed by atoms with Gasteiger partial charge in [-0.25, -0.2) is 9.45 Å². The summed E-state index contributed by atoms with van der Waals surface area (Å²) in [4.78, 5) is 9.56. The van der Waals surface area contributed by atoms with E-state index in [4.69, 9.17) is 9.47 Å². The van der Waals surface area contributed by atoms with Crippen molar-refractivity contribution in [2.24, 2.45) is 4.66 Å². The van der Waals surface area contributed by atoms with Crippen LogP contribution in [0.25, 0.3) is 0 Å². The summed E-state index contributed by atoms with van der Waals surface area (Å²) in [5.74, 6) is 0. The summed E-state index contributed by atoms with van der Waals surface area (Å²) in [7, 11) is -1.46. The second-order valence-electron chi connectivity index (χ2n) is 3.60. The van der Waals surface area contributed by atoms with Crippen molar-refractivity contribution >= 4 is 14.3 Å². The fraction of sp³-hybridized carbons (Fsp3) is 0.875. The average Bonchev–Trinajstić information content (AvgIpc) is 2.06. The number of hydrogen-bond acceptors (Lipinski definition) is 4. The molecule has 1 aliphatic rings. The van der Waals surface area contributed by atoms with Crippen molar-refractivity contribution in [1.82, 2.24) is 0 Å². The van der Waals surface area contributed by atoms with E-state index in [1.165, 1.54) is 0 Å². The van der Waals surface area contributed by atoms with E-state index in [9.17, 15) is 4.79 Å². The molecule has 0 saturated carbocycles. The van der Waals surface area contributed by atoms with E-state index in [1.807, 2.05) is 19.6 Å². The number of nitrogens with zero attached hydrogens (tertiary/aromatic N) is 1. The molecule has 0 aliphatic carbocycles. The Morgan fingerprint density at radius 1 is 1.08 bits per heavy atom. The molecule has 0 aromatic carbocycles. The second kappa shape index (κ2) is 6.97. The summed E-state index contributed by atoms with van der Waals surface area (Å²) in [6.45, 7) is 9.06. The lowest BCUT2D eigenvalue weighted by Crippen LogP contribution is -2.16. The van der Waals surface area contributed by atoms with Crippen LogP contribution in [-0.2, 0) is 14.3 Å². The summed E-state index contributed by atoms with van der Waals surface area (Å²) in [6, 6.07) is 0. The molecule has 0 spiro atoms. The highest BCUT2D eigenvalue weighted by atomic mass is 28.3. The van der Waals surface area contributed by atoms with Gasteiger partial charge in [0.25, 0.3) is 0 Å². The molecule has 0 N–H and O–H groups in total. The third kappa shape index (κ3) is 11.5. The maximum absolute atomic E-state index is 9.56. The van der Waals surface area contributed by atoms with Crippen molar-refractivity contribution in [2.45, 2.75) is 19.6 Å². The van der Waals surface area contributed by atoms with Crippen molar-refractivity contribution in [2.75, 3.05) is 26.4 Å². The van der Waals surface area contributed by atoms with Crippen molar-refractivity contribution in [3.63, 3.8) is 0 Å². The highest BCUT2D eigenvalue weighted by Crippen LogP contribution is 1.98. The molecule has 5 heteroatoms. The van der Waals surface area contributed by atoms with Gasteiger partial charge in [0.2, 0.25) is 6.08 Å². The van der Waals surface area contributed by atoms with Gasteiger partial charge < -0.3 is 9.47 Å². The lowest BCUT2D eigenvalue weighted by Gasteiger charge is -2.09. The minimum absolute atomic E-state index is 0.778. The molecule has 0 amide bonds. The summed E-state index contributed by atoms with van der Waals surface area (Å²) >= 11 is 0. The minimum atomic E-state index is -1.46. The number of isocyanates is 1.